The largest absolute Gasteiger partial charge is 0.357 e. The van der Waals surface area contributed by atoms with Crippen LogP contribution in [0.1, 0.15) is 87.1 Å². The quantitative estimate of drug-likeness (QED) is 0.321. The van der Waals surface area contributed by atoms with Gasteiger partial charge in [0.25, 0.3) is 5.91 Å². The van der Waals surface area contributed by atoms with E-state index in [2.05, 4.69) is 22.9 Å². The van der Waals surface area contributed by atoms with Crippen LogP contribution in [0.15, 0.2) is 48.5 Å². The van der Waals surface area contributed by atoms with Crippen LogP contribution in [-0.2, 0) is 9.59 Å². The van der Waals surface area contributed by atoms with Crippen LogP contribution in [-0.4, -0.2) is 30.8 Å². The minimum absolute atomic E-state index is 0.0290. The van der Waals surface area contributed by atoms with Crippen molar-refractivity contribution < 1.29 is 14.4 Å². The number of carbonyl (C=O) groups excluding carboxylic acids is 3. The fraction of sp³-hybridized carbons (Fsp3) is 0.500. The SMILES string of the molecule is CCCC[C@H](NC(=O)c1cccc(NC(=O)[C@@H]2CCC(CCC)C[C@H]2c2ccc(Cl)cc2)c1)C(=O)NC. The van der Waals surface area contributed by atoms with E-state index in [1.807, 2.05) is 31.2 Å². The van der Waals surface area contributed by atoms with Crippen molar-refractivity contribution in [2.45, 2.75) is 77.2 Å². The topological polar surface area (TPSA) is 87.3 Å². The van der Waals surface area contributed by atoms with Crippen molar-refractivity contribution >= 4 is 35.0 Å². The summed E-state index contributed by atoms with van der Waals surface area (Å²) in [6, 6.07) is 14.2. The van der Waals surface area contributed by atoms with Crippen molar-refractivity contribution in [3.8, 4) is 0 Å². The van der Waals surface area contributed by atoms with Gasteiger partial charge in [0.15, 0.2) is 0 Å². The van der Waals surface area contributed by atoms with Gasteiger partial charge in [-0.15, -0.1) is 0 Å². The summed E-state index contributed by atoms with van der Waals surface area (Å²) in [5.41, 5.74) is 2.13. The lowest BCUT2D eigenvalue weighted by Gasteiger charge is -2.36. The second-order valence-corrected chi connectivity index (χ2v) is 10.5. The molecule has 1 fully saturated rings. The third-order valence-corrected chi connectivity index (χ3v) is 7.65. The third kappa shape index (κ3) is 8.06. The molecule has 1 aliphatic rings. The second-order valence-electron chi connectivity index (χ2n) is 10.1. The number of nitrogens with one attached hydrogen (secondary N) is 3. The number of carbonyl (C=O) groups is 3. The molecule has 1 unspecified atom stereocenters. The van der Waals surface area contributed by atoms with Gasteiger partial charge in [-0.2, -0.15) is 0 Å². The van der Waals surface area contributed by atoms with Gasteiger partial charge in [-0.05, 0) is 73.4 Å². The number of amides is 3. The molecule has 1 saturated carbocycles. The second kappa shape index (κ2) is 14.2. The maximum atomic E-state index is 13.5. The Balaban J connectivity index is 1.73. The molecule has 3 rings (SSSR count). The molecule has 1 aliphatic carbocycles. The third-order valence-electron chi connectivity index (χ3n) is 7.40. The van der Waals surface area contributed by atoms with E-state index in [4.69, 9.17) is 11.6 Å². The maximum Gasteiger partial charge on any atom is 0.252 e. The van der Waals surface area contributed by atoms with E-state index in [0.717, 1.165) is 44.1 Å². The monoisotopic (exact) mass is 525 g/mol. The Morgan fingerprint density at radius 2 is 1.78 bits per heavy atom. The van der Waals surface area contributed by atoms with Crippen LogP contribution in [0, 0.1) is 11.8 Å². The molecular formula is C30H40ClN3O3. The number of benzene rings is 2. The number of halogens is 1. The molecule has 0 saturated heterocycles. The number of rotatable bonds is 11. The Labute approximate surface area is 225 Å². The van der Waals surface area contributed by atoms with Crippen LogP contribution < -0.4 is 16.0 Å². The fourth-order valence-electron chi connectivity index (χ4n) is 5.39. The highest BCUT2D eigenvalue weighted by molar-refractivity contribution is 6.30. The molecule has 2 aromatic carbocycles. The predicted molar refractivity (Wildman–Crippen MR) is 150 cm³/mol. The molecule has 0 radical (unpaired) electrons. The summed E-state index contributed by atoms with van der Waals surface area (Å²) >= 11 is 6.12. The molecule has 3 amide bonds. The van der Waals surface area contributed by atoms with Gasteiger partial charge in [-0.1, -0.05) is 69.3 Å². The first-order chi connectivity index (χ1) is 17.9. The van der Waals surface area contributed by atoms with Gasteiger partial charge >= 0.3 is 0 Å². The molecule has 4 atom stereocenters. The first-order valence-corrected chi connectivity index (χ1v) is 13.9. The molecule has 37 heavy (non-hydrogen) atoms. The summed E-state index contributed by atoms with van der Waals surface area (Å²) in [5, 5.41) is 9.21. The standard InChI is InChI=1S/C30H40ClN3O3/c1-4-6-11-27(30(37)32-3)34-28(35)22-9-7-10-24(19-22)33-29(36)25-17-12-20(8-5-2)18-26(25)21-13-15-23(31)16-14-21/h7,9-10,13-16,19-20,25-27H,4-6,8,11-12,17-18H2,1-3H3,(H,32,37)(H,33,36)(H,34,35)/t20?,25-,26+,27+/m1/s1. The summed E-state index contributed by atoms with van der Waals surface area (Å²) in [5.74, 6) is 0.0128. The Hall–Kier alpha value is -2.86. The van der Waals surface area contributed by atoms with E-state index in [1.54, 1.807) is 31.3 Å². The lowest BCUT2D eigenvalue weighted by Crippen LogP contribution is -2.45. The van der Waals surface area contributed by atoms with E-state index >= 15 is 0 Å². The van der Waals surface area contributed by atoms with Gasteiger partial charge in [-0.25, -0.2) is 0 Å². The van der Waals surface area contributed by atoms with Gasteiger partial charge in [-0.3, -0.25) is 14.4 Å². The molecule has 0 aromatic heterocycles. The molecule has 7 heteroatoms. The lowest BCUT2D eigenvalue weighted by atomic mass is 9.69. The first kappa shape index (κ1) is 28.7. The zero-order valence-corrected chi connectivity index (χ0v) is 22.9. The highest BCUT2D eigenvalue weighted by atomic mass is 35.5. The van der Waals surface area contributed by atoms with Crippen molar-refractivity contribution in [1.29, 1.82) is 0 Å². The predicted octanol–water partition coefficient (Wildman–Crippen LogP) is 6.31. The van der Waals surface area contributed by atoms with Crippen LogP contribution in [0.4, 0.5) is 5.69 Å². The summed E-state index contributed by atoms with van der Waals surface area (Å²) in [4.78, 5) is 38.6. The van der Waals surface area contributed by atoms with Crippen molar-refractivity contribution in [3.63, 3.8) is 0 Å². The van der Waals surface area contributed by atoms with E-state index in [1.165, 1.54) is 6.42 Å². The van der Waals surface area contributed by atoms with E-state index in [9.17, 15) is 14.4 Å². The Bertz CT molecular complexity index is 1060. The van der Waals surface area contributed by atoms with Crippen LogP contribution in [0.3, 0.4) is 0 Å². The molecule has 6 nitrogen and oxygen atoms in total. The molecule has 0 heterocycles. The van der Waals surface area contributed by atoms with Crippen LogP contribution in [0.25, 0.3) is 0 Å². The minimum Gasteiger partial charge on any atom is -0.357 e. The summed E-state index contributed by atoms with van der Waals surface area (Å²) in [6.45, 7) is 4.25. The van der Waals surface area contributed by atoms with Crippen LogP contribution in [0.5, 0.6) is 0 Å². The number of hydrogen-bond acceptors (Lipinski definition) is 3. The van der Waals surface area contributed by atoms with Crippen LogP contribution in [0.2, 0.25) is 5.02 Å². The van der Waals surface area contributed by atoms with Crippen molar-refractivity contribution in [2.24, 2.45) is 11.8 Å². The summed E-state index contributed by atoms with van der Waals surface area (Å²) in [7, 11) is 1.57. The van der Waals surface area contributed by atoms with Gasteiger partial charge in [0.2, 0.25) is 11.8 Å². The average Bonchev–Trinajstić information content (AvgIpc) is 2.91. The van der Waals surface area contributed by atoms with Crippen molar-refractivity contribution in [3.05, 3.63) is 64.7 Å². The zero-order chi connectivity index (χ0) is 26.8. The molecule has 0 aliphatic heterocycles. The van der Waals surface area contributed by atoms with E-state index < -0.39 is 6.04 Å². The van der Waals surface area contributed by atoms with E-state index in [-0.39, 0.29) is 29.6 Å². The number of unbranched alkanes of at least 4 members (excludes halogenated alkanes) is 1. The highest BCUT2D eigenvalue weighted by Crippen LogP contribution is 2.43. The van der Waals surface area contributed by atoms with Gasteiger partial charge in [0.05, 0.1) is 0 Å². The molecule has 2 aromatic rings. The molecule has 0 bridgehead atoms. The van der Waals surface area contributed by atoms with E-state index in [0.29, 0.717) is 28.6 Å². The summed E-state index contributed by atoms with van der Waals surface area (Å²) in [6.07, 6.45) is 7.51. The van der Waals surface area contributed by atoms with Crippen molar-refractivity contribution in [2.75, 3.05) is 12.4 Å². The fourth-order valence-corrected chi connectivity index (χ4v) is 5.51. The first-order valence-electron chi connectivity index (χ1n) is 13.5. The average molecular weight is 526 g/mol. The lowest BCUT2D eigenvalue weighted by molar-refractivity contribution is -0.123. The zero-order valence-electron chi connectivity index (χ0n) is 22.2. The number of hydrogen-bond donors (Lipinski definition) is 3. The van der Waals surface area contributed by atoms with Gasteiger partial charge in [0.1, 0.15) is 6.04 Å². The van der Waals surface area contributed by atoms with Gasteiger partial charge in [0, 0.05) is 29.2 Å². The highest BCUT2D eigenvalue weighted by Gasteiger charge is 2.35. The Morgan fingerprint density at radius 3 is 2.46 bits per heavy atom. The Morgan fingerprint density at radius 1 is 1.03 bits per heavy atom. The van der Waals surface area contributed by atoms with Crippen LogP contribution >= 0.6 is 11.6 Å². The molecule has 200 valence electrons. The van der Waals surface area contributed by atoms with Gasteiger partial charge < -0.3 is 16.0 Å². The smallest absolute Gasteiger partial charge is 0.252 e. The summed E-state index contributed by atoms with van der Waals surface area (Å²) < 4.78 is 0. The number of likely N-dealkylation sites (N-methyl/N-ethyl adjacent to an activating group) is 1. The molecule has 3 N–H and O–H groups in total. The minimum atomic E-state index is -0.589. The van der Waals surface area contributed by atoms with Crippen molar-refractivity contribution in [1.82, 2.24) is 10.6 Å². The normalized spacial score (nSPS) is 20.1. The molecular weight excluding hydrogens is 486 g/mol. The number of anilines is 1. The molecule has 0 spiro atoms. The Kier molecular flexibility index (Phi) is 11.0. The maximum absolute atomic E-state index is 13.5.